The molecule has 0 bridgehead atoms. The van der Waals surface area contributed by atoms with Crippen LogP contribution in [0.4, 0.5) is 0 Å². The third kappa shape index (κ3) is 3.75. The minimum absolute atomic E-state index is 0.224. The van der Waals surface area contributed by atoms with Crippen molar-refractivity contribution in [1.29, 1.82) is 0 Å². The van der Waals surface area contributed by atoms with Gasteiger partial charge in [-0.3, -0.25) is 9.89 Å². The summed E-state index contributed by atoms with van der Waals surface area (Å²) in [6, 6.07) is 16.6. The summed E-state index contributed by atoms with van der Waals surface area (Å²) in [4.78, 5) is 12.2. The molecule has 0 radical (unpaired) electrons. The lowest BCUT2D eigenvalue weighted by Gasteiger charge is -2.05. The average Bonchev–Trinajstić information content (AvgIpc) is 3.10. The minimum Gasteiger partial charge on any atom is -0.497 e. The molecule has 0 aliphatic rings. The van der Waals surface area contributed by atoms with Gasteiger partial charge in [0, 0.05) is 17.1 Å². The van der Waals surface area contributed by atoms with E-state index in [0.29, 0.717) is 23.0 Å². The van der Waals surface area contributed by atoms with Gasteiger partial charge in [-0.1, -0.05) is 35.9 Å². The number of hydrogen-bond donors (Lipinski definition) is 2. The van der Waals surface area contributed by atoms with Crippen molar-refractivity contribution in [2.75, 3.05) is 7.11 Å². The van der Waals surface area contributed by atoms with E-state index in [-0.39, 0.29) is 5.91 Å². The molecule has 1 heterocycles. The van der Waals surface area contributed by atoms with E-state index < -0.39 is 0 Å². The first-order valence-electron chi connectivity index (χ1n) is 7.38. The quantitative estimate of drug-likeness (QED) is 0.744. The molecular weight excluding hydrogens is 326 g/mol. The van der Waals surface area contributed by atoms with E-state index in [1.54, 1.807) is 25.3 Å². The average molecular weight is 342 g/mol. The van der Waals surface area contributed by atoms with Gasteiger partial charge in [0.05, 0.1) is 12.8 Å². The molecule has 6 heteroatoms. The van der Waals surface area contributed by atoms with Crippen LogP contribution in [0.15, 0.2) is 54.6 Å². The zero-order valence-corrected chi connectivity index (χ0v) is 13.8. The van der Waals surface area contributed by atoms with Gasteiger partial charge in [-0.2, -0.15) is 5.10 Å². The third-order valence-corrected chi connectivity index (χ3v) is 3.77. The zero-order chi connectivity index (χ0) is 16.9. The molecule has 3 aromatic rings. The number of H-pyrrole nitrogens is 1. The van der Waals surface area contributed by atoms with Crippen molar-refractivity contribution in [3.05, 3.63) is 70.9 Å². The van der Waals surface area contributed by atoms with E-state index in [1.165, 1.54) is 0 Å². The first-order chi connectivity index (χ1) is 11.7. The molecule has 24 heavy (non-hydrogen) atoms. The molecule has 0 saturated heterocycles. The molecule has 2 aromatic carbocycles. The molecule has 0 aliphatic carbocycles. The van der Waals surface area contributed by atoms with Crippen molar-refractivity contribution in [3.63, 3.8) is 0 Å². The number of rotatable bonds is 5. The molecule has 1 aromatic heterocycles. The molecule has 5 nitrogen and oxygen atoms in total. The number of aromatic nitrogens is 2. The Morgan fingerprint density at radius 2 is 2.04 bits per heavy atom. The number of carbonyl (C=O) groups excluding carboxylic acids is 1. The molecule has 0 atom stereocenters. The molecule has 0 spiro atoms. The number of carbonyl (C=O) groups is 1. The molecular formula is C18H16ClN3O2. The molecule has 1 amide bonds. The van der Waals surface area contributed by atoms with E-state index in [2.05, 4.69) is 15.5 Å². The lowest BCUT2D eigenvalue weighted by atomic mass is 10.1. The number of nitrogens with zero attached hydrogens (tertiary/aromatic N) is 1. The van der Waals surface area contributed by atoms with Gasteiger partial charge in [-0.05, 0) is 35.9 Å². The minimum atomic E-state index is -0.224. The Kier molecular flexibility index (Phi) is 4.82. The molecule has 2 N–H and O–H groups in total. The second kappa shape index (κ2) is 7.19. The highest BCUT2D eigenvalue weighted by Gasteiger charge is 2.11. The summed E-state index contributed by atoms with van der Waals surface area (Å²) in [6.45, 7) is 0.404. The van der Waals surface area contributed by atoms with Crippen LogP contribution in [0.5, 0.6) is 5.75 Å². The highest BCUT2D eigenvalue weighted by atomic mass is 35.5. The van der Waals surface area contributed by atoms with Crippen molar-refractivity contribution in [1.82, 2.24) is 15.5 Å². The summed E-state index contributed by atoms with van der Waals surface area (Å²) < 4.78 is 5.17. The Morgan fingerprint density at radius 1 is 1.21 bits per heavy atom. The van der Waals surface area contributed by atoms with E-state index in [4.69, 9.17) is 16.3 Å². The van der Waals surface area contributed by atoms with Crippen LogP contribution >= 0.6 is 11.6 Å². The van der Waals surface area contributed by atoms with Crippen LogP contribution < -0.4 is 10.1 Å². The van der Waals surface area contributed by atoms with Crippen molar-refractivity contribution < 1.29 is 9.53 Å². The largest absolute Gasteiger partial charge is 0.497 e. The topological polar surface area (TPSA) is 67.0 Å². The Balaban J connectivity index is 1.67. The Labute approximate surface area is 144 Å². The number of aromatic amines is 1. The summed E-state index contributed by atoms with van der Waals surface area (Å²) in [5, 5.41) is 10.4. The highest BCUT2D eigenvalue weighted by molar-refractivity contribution is 6.30. The predicted octanol–water partition coefficient (Wildman–Crippen LogP) is 3.67. The van der Waals surface area contributed by atoms with Crippen molar-refractivity contribution >= 4 is 17.5 Å². The Morgan fingerprint density at radius 3 is 2.83 bits per heavy atom. The number of benzene rings is 2. The predicted molar refractivity (Wildman–Crippen MR) is 93.2 cm³/mol. The first-order valence-corrected chi connectivity index (χ1v) is 7.76. The van der Waals surface area contributed by atoms with E-state index in [1.807, 2.05) is 36.4 Å². The van der Waals surface area contributed by atoms with Crippen molar-refractivity contribution in [2.45, 2.75) is 6.54 Å². The van der Waals surface area contributed by atoms with Crippen LogP contribution in [0.3, 0.4) is 0 Å². The molecule has 122 valence electrons. The second-order valence-electron chi connectivity index (χ2n) is 5.21. The van der Waals surface area contributed by atoms with E-state index in [0.717, 1.165) is 16.9 Å². The Hall–Kier alpha value is -2.79. The van der Waals surface area contributed by atoms with Gasteiger partial charge in [0.1, 0.15) is 11.4 Å². The molecule has 3 rings (SSSR count). The number of methoxy groups -OCH3 is 1. The number of hydrogen-bond acceptors (Lipinski definition) is 3. The Bertz CT molecular complexity index is 861. The van der Waals surface area contributed by atoms with Gasteiger partial charge in [0.2, 0.25) is 0 Å². The number of ether oxygens (including phenoxy) is 1. The van der Waals surface area contributed by atoms with Crippen LogP contribution in [0.25, 0.3) is 11.3 Å². The van der Waals surface area contributed by atoms with Crippen molar-refractivity contribution in [3.8, 4) is 17.0 Å². The highest BCUT2D eigenvalue weighted by Crippen LogP contribution is 2.21. The molecule has 0 unspecified atom stereocenters. The normalized spacial score (nSPS) is 10.4. The van der Waals surface area contributed by atoms with Gasteiger partial charge in [-0.15, -0.1) is 0 Å². The van der Waals surface area contributed by atoms with Gasteiger partial charge >= 0.3 is 0 Å². The maximum atomic E-state index is 12.2. The van der Waals surface area contributed by atoms with Gasteiger partial charge in [0.25, 0.3) is 5.91 Å². The van der Waals surface area contributed by atoms with Crippen LogP contribution in [-0.4, -0.2) is 23.2 Å². The summed E-state index contributed by atoms with van der Waals surface area (Å²) >= 11 is 5.98. The van der Waals surface area contributed by atoms with E-state index >= 15 is 0 Å². The fraction of sp³-hybridized carbons (Fsp3) is 0.111. The summed E-state index contributed by atoms with van der Waals surface area (Å²) in [6.07, 6.45) is 0. The molecule has 0 fully saturated rings. The first kappa shape index (κ1) is 16.1. The fourth-order valence-corrected chi connectivity index (χ4v) is 2.48. The van der Waals surface area contributed by atoms with Crippen LogP contribution in [0, 0.1) is 0 Å². The standard InChI is InChI=1S/C18H16ClN3O2/c1-24-15-7-2-4-12(8-15)11-20-18(23)17-10-16(21-22-17)13-5-3-6-14(19)9-13/h2-10H,11H2,1H3,(H,20,23)(H,21,22). The van der Waals surface area contributed by atoms with Crippen LogP contribution in [0.1, 0.15) is 16.1 Å². The second-order valence-corrected chi connectivity index (χ2v) is 5.65. The number of halogens is 1. The third-order valence-electron chi connectivity index (χ3n) is 3.53. The van der Waals surface area contributed by atoms with E-state index in [9.17, 15) is 4.79 Å². The fourth-order valence-electron chi connectivity index (χ4n) is 2.29. The lowest BCUT2D eigenvalue weighted by Crippen LogP contribution is -2.23. The van der Waals surface area contributed by atoms with Gasteiger partial charge in [0.15, 0.2) is 0 Å². The maximum absolute atomic E-state index is 12.2. The smallest absolute Gasteiger partial charge is 0.269 e. The van der Waals surface area contributed by atoms with Gasteiger partial charge < -0.3 is 10.1 Å². The maximum Gasteiger partial charge on any atom is 0.269 e. The number of nitrogens with one attached hydrogen (secondary N) is 2. The monoisotopic (exact) mass is 341 g/mol. The molecule has 0 aliphatic heterocycles. The molecule has 0 saturated carbocycles. The van der Waals surface area contributed by atoms with Gasteiger partial charge in [-0.25, -0.2) is 0 Å². The number of amides is 1. The summed E-state index contributed by atoms with van der Waals surface area (Å²) in [7, 11) is 1.61. The van der Waals surface area contributed by atoms with Crippen molar-refractivity contribution in [2.24, 2.45) is 0 Å². The lowest BCUT2D eigenvalue weighted by molar-refractivity contribution is 0.0946. The van der Waals surface area contributed by atoms with Crippen LogP contribution in [0.2, 0.25) is 5.02 Å². The SMILES string of the molecule is COc1cccc(CNC(=O)c2cc(-c3cccc(Cl)c3)n[nH]2)c1. The summed E-state index contributed by atoms with van der Waals surface area (Å²) in [5.74, 6) is 0.533. The zero-order valence-electron chi connectivity index (χ0n) is 13.0. The van der Waals surface area contributed by atoms with Crippen LogP contribution in [-0.2, 0) is 6.54 Å². The summed E-state index contributed by atoms with van der Waals surface area (Å²) in [5.41, 5.74) is 2.87.